The Morgan fingerprint density at radius 1 is 1.31 bits per heavy atom. The van der Waals surface area contributed by atoms with E-state index in [1.54, 1.807) is 11.8 Å². The summed E-state index contributed by atoms with van der Waals surface area (Å²) in [6, 6.07) is 4.37. The van der Waals surface area contributed by atoms with Gasteiger partial charge in [-0.05, 0) is 32.2 Å². The summed E-state index contributed by atoms with van der Waals surface area (Å²) in [7, 11) is 2.12. The van der Waals surface area contributed by atoms with Gasteiger partial charge >= 0.3 is 0 Å². The Morgan fingerprint density at radius 2 is 1.92 bits per heavy atom. The lowest BCUT2D eigenvalue weighted by Gasteiger charge is -2.21. The van der Waals surface area contributed by atoms with Gasteiger partial charge in [0.25, 0.3) is 0 Å². The van der Waals surface area contributed by atoms with E-state index < -0.39 is 0 Å². The van der Waals surface area contributed by atoms with E-state index in [-0.39, 0.29) is 0 Å². The number of thioether (sulfide) groups is 1. The Bertz CT molecular complexity index is 264. The summed E-state index contributed by atoms with van der Waals surface area (Å²) in [6.07, 6.45) is 2.11. The molecule has 0 atom stereocenters. The number of aromatic nitrogens is 1. The van der Waals surface area contributed by atoms with Gasteiger partial charge in [-0.2, -0.15) is 0 Å². The molecule has 0 aromatic carbocycles. The maximum atomic E-state index is 2.36. The smallest absolute Gasteiger partial charge is 0.109 e. The SMILES string of the molecule is CCN(CC)c1ccc(SC)n1C. The van der Waals surface area contributed by atoms with Gasteiger partial charge < -0.3 is 9.47 Å². The molecular weight excluding hydrogens is 180 g/mol. The van der Waals surface area contributed by atoms with Crippen LogP contribution in [0.1, 0.15) is 13.8 Å². The molecule has 0 N–H and O–H groups in total. The molecule has 0 bridgehead atoms. The summed E-state index contributed by atoms with van der Waals surface area (Å²) in [5.41, 5.74) is 0. The fourth-order valence-electron chi connectivity index (χ4n) is 1.55. The summed E-state index contributed by atoms with van der Waals surface area (Å²) in [5.74, 6) is 1.31. The number of anilines is 1. The Kier molecular flexibility index (Phi) is 3.72. The Hall–Kier alpha value is -0.570. The molecule has 0 saturated carbocycles. The third-order valence-electron chi connectivity index (χ3n) is 2.35. The molecule has 1 aromatic rings. The largest absolute Gasteiger partial charge is 0.359 e. The number of hydrogen-bond donors (Lipinski definition) is 0. The quantitative estimate of drug-likeness (QED) is 0.687. The zero-order valence-electron chi connectivity index (χ0n) is 8.87. The van der Waals surface area contributed by atoms with Crippen molar-refractivity contribution in [1.82, 2.24) is 4.57 Å². The number of nitrogens with zero attached hydrogens (tertiary/aromatic N) is 2. The van der Waals surface area contributed by atoms with Crippen molar-refractivity contribution in [1.29, 1.82) is 0 Å². The molecular formula is C10H18N2S. The van der Waals surface area contributed by atoms with Crippen molar-refractivity contribution in [2.45, 2.75) is 18.9 Å². The minimum Gasteiger partial charge on any atom is -0.359 e. The van der Waals surface area contributed by atoms with Crippen molar-refractivity contribution in [2.75, 3.05) is 24.2 Å². The first-order valence-electron chi connectivity index (χ1n) is 4.69. The van der Waals surface area contributed by atoms with Crippen LogP contribution in [0, 0.1) is 0 Å². The predicted octanol–water partition coefficient (Wildman–Crippen LogP) is 2.59. The van der Waals surface area contributed by atoms with E-state index in [9.17, 15) is 0 Å². The summed E-state index contributed by atoms with van der Waals surface area (Å²) >= 11 is 1.79. The van der Waals surface area contributed by atoms with Crippen LogP contribution in [0.3, 0.4) is 0 Å². The van der Waals surface area contributed by atoms with Crippen LogP contribution in [-0.2, 0) is 7.05 Å². The fourth-order valence-corrected chi connectivity index (χ4v) is 2.12. The van der Waals surface area contributed by atoms with Gasteiger partial charge in [-0.25, -0.2) is 0 Å². The summed E-state index contributed by atoms with van der Waals surface area (Å²) in [6.45, 7) is 6.52. The maximum Gasteiger partial charge on any atom is 0.109 e. The van der Waals surface area contributed by atoms with Gasteiger partial charge in [-0.1, -0.05) is 0 Å². The van der Waals surface area contributed by atoms with Gasteiger partial charge in [-0.3, -0.25) is 0 Å². The van der Waals surface area contributed by atoms with Crippen LogP contribution in [0.15, 0.2) is 17.2 Å². The third-order valence-corrected chi connectivity index (χ3v) is 3.17. The molecule has 74 valence electrons. The molecule has 0 fully saturated rings. The molecule has 1 aromatic heterocycles. The van der Waals surface area contributed by atoms with E-state index in [0.29, 0.717) is 0 Å². The van der Waals surface area contributed by atoms with E-state index in [1.807, 2.05) is 0 Å². The first kappa shape index (κ1) is 10.5. The molecule has 2 nitrogen and oxygen atoms in total. The second-order valence-electron chi connectivity index (χ2n) is 2.97. The second-order valence-corrected chi connectivity index (χ2v) is 3.79. The van der Waals surface area contributed by atoms with Crippen molar-refractivity contribution >= 4 is 17.6 Å². The molecule has 0 spiro atoms. The summed E-state index contributed by atoms with van der Waals surface area (Å²) < 4.78 is 2.25. The zero-order valence-corrected chi connectivity index (χ0v) is 9.69. The number of hydrogen-bond acceptors (Lipinski definition) is 2. The van der Waals surface area contributed by atoms with E-state index in [2.05, 4.69) is 48.8 Å². The average Bonchev–Trinajstić information content (AvgIpc) is 2.50. The lowest BCUT2D eigenvalue weighted by molar-refractivity contribution is 0.757. The normalized spacial score (nSPS) is 10.5. The highest BCUT2D eigenvalue weighted by Crippen LogP contribution is 2.23. The standard InChI is InChI=1S/C10H18N2S/c1-5-12(6-2)9-7-8-10(13-4)11(9)3/h7-8H,5-6H2,1-4H3. The minimum absolute atomic E-state index is 1.07. The number of rotatable bonds is 4. The third kappa shape index (κ3) is 2.02. The molecule has 13 heavy (non-hydrogen) atoms. The van der Waals surface area contributed by atoms with Crippen molar-refractivity contribution in [3.8, 4) is 0 Å². The van der Waals surface area contributed by atoms with E-state index in [0.717, 1.165) is 13.1 Å². The first-order chi connectivity index (χ1) is 6.24. The molecule has 0 amide bonds. The molecule has 1 heterocycles. The van der Waals surface area contributed by atoms with Gasteiger partial charge in [0.15, 0.2) is 0 Å². The predicted molar refractivity (Wildman–Crippen MR) is 60.8 cm³/mol. The minimum atomic E-state index is 1.07. The Labute approximate surface area is 84.9 Å². The van der Waals surface area contributed by atoms with Crippen LogP contribution in [0.25, 0.3) is 0 Å². The van der Waals surface area contributed by atoms with Crippen molar-refractivity contribution < 1.29 is 0 Å². The highest BCUT2D eigenvalue weighted by molar-refractivity contribution is 7.98. The first-order valence-corrected chi connectivity index (χ1v) is 5.91. The van der Waals surface area contributed by atoms with Crippen LogP contribution in [0.4, 0.5) is 5.82 Å². The Morgan fingerprint density at radius 3 is 2.31 bits per heavy atom. The van der Waals surface area contributed by atoms with Crippen LogP contribution in [0.2, 0.25) is 0 Å². The maximum absolute atomic E-state index is 2.36. The molecule has 1 rings (SSSR count). The van der Waals surface area contributed by atoms with Crippen LogP contribution < -0.4 is 4.90 Å². The topological polar surface area (TPSA) is 8.17 Å². The van der Waals surface area contributed by atoms with Crippen LogP contribution in [-0.4, -0.2) is 23.9 Å². The fraction of sp³-hybridized carbons (Fsp3) is 0.600. The van der Waals surface area contributed by atoms with E-state index in [1.165, 1.54) is 10.8 Å². The highest BCUT2D eigenvalue weighted by atomic mass is 32.2. The van der Waals surface area contributed by atoms with Crippen LogP contribution >= 0.6 is 11.8 Å². The van der Waals surface area contributed by atoms with Gasteiger partial charge in [0.05, 0.1) is 5.03 Å². The van der Waals surface area contributed by atoms with Gasteiger partial charge in [0.1, 0.15) is 5.82 Å². The Balaban J connectivity index is 2.93. The molecule has 0 aliphatic carbocycles. The highest BCUT2D eigenvalue weighted by Gasteiger charge is 2.07. The van der Waals surface area contributed by atoms with Crippen LogP contribution in [0.5, 0.6) is 0 Å². The van der Waals surface area contributed by atoms with Crippen molar-refractivity contribution in [3.05, 3.63) is 12.1 Å². The molecule has 0 aliphatic heterocycles. The van der Waals surface area contributed by atoms with Gasteiger partial charge in [0.2, 0.25) is 0 Å². The lowest BCUT2D eigenvalue weighted by Crippen LogP contribution is -2.24. The van der Waals surface area contributed by atoms with Crippen molar-refractivity contribution in [3.63, 3.8) is 0 Å². The monoisotopic (exact) mass is 198 g/mol. The lowest BCUT2D eigenvalue weighted by atomic mass is 10.5. The van der Waals surface area contributed by atoms with Gasteiger partial charge in [-0.15, -0.1) is 11.8 Å². The zero-order chi connectivity index (χ0) is 9.84. The van der Waals surface area contributed by atoms with Crippen molar-refractivity contribution in [2.24, 2.45) is 7.05 Å². The molecule has 3 heteroatoms. The molecule has 0 radical (unpaired) electrons. The average molecular weight is 198 g/mol. The summed E-state index contributed by atoms with van der Waals surface area (Å²) in [5, 5.41) is 1.32. The summed E-state index contributed by atoms with van der Waals surface area (Å²) in [4.78, 5) is 2.36. The second kappa shape index (κ2) is 4.61. The molecule has 0 unspecified atom stereocenters. The van der Waals surface area contributed by atoms with E-state index >= 15 is 0 Å². The molecule has 0 aliphatic rings. The van der Waals surface area contributed by atoms with E-state index in [4.69, 9.17) is 0 Å². The molecule has 0 saturated heterocycles. The van der Waals surface area contributed by atoms with Gasteiger partial charge in [0, 0.05) is 20.1 Å².